The molecule has 4 aliphatic carbocycles. The van der Waals surface area contributed by atoms with Crippen LogP contribution in [0.1, 0.15) is 61.7 Å². The van der Waals surface area contributed by atoms with E-state index in [0.717, 1.165) is 17.2 Å². The first-order valence-electron chi connectivity index (χ1n) is 15.9. The lowest BCUT2D eigenvalue weighted by molar-refractivity contribution is -0.232. The number of anilines is 1. The van der Waals surface area contributed by atoms with E-state index in [1.54, 1.807) is 19.1 Å². The number of nitrogen functional groups attached to an aromatic ring is 1. The highest BCUT2D eigenvalue weighted by Crippen LogP contribution is 2.73. The van der Waals surface area contributed by atoms with Gasteiger partial charge in [0.25, 0.3) is 0 Å². The van der Waals surface area contributed by atoms with Crippen molar-refractivity contribution in [2.75, 3.05) is 11.7 Å². The standard InChI is InChI=1S/C36H38F3NO6S/c1-33-7-6-24(42)13-27(33)28(38)14-26-25-15-30-36(32(44)47-18-37,34(25,2)16-29(43)35(26,33)39)46-31(45-30)22-5-3-4-19(10-22)8-20-9-21(17-41)12-23(40)11-20/h3-7,9-13,25-26,28-31,41,43H,8,14-18,40H2,1-2H3/t25-,26-,28-,29-,30+,31+,33-,34-,35-,36-/m0/s1. The van der Waals surface area contributed by atoms with Gasteiger partial charge in [-0.05, 0) is 85.1 Å². The van der Waals surface area contributed by atoms with Crippen molar-refractivity contribution >= 4 is 28.3 Å². The summed E-state index contributed by atoms with van der Waals surface area (Å²) >= 11 is 0.455. The molecule has 1 heterocycles. The lowest BCUT2D eigenvalue weighted by Crippen LogP contribution is -2.70. The predicted octanol–water partition coefficient (Wildman–Crippen LogP) is 5.62. The minimum atomic E-state index is -2.33. The van der Waals surface area contributed by atoms with Gasteiger partial charge < -0.3 is 25.4 Å². The van der Waals surface area contributed by atoms with Crippen LogP contribution in [0.25, 0.3) is 0 Å². The van der Waals surface area contributed by atoms with E-state index in [2.05, 4.69) is 0 Å². The molecular weight excluding hydrogens is 631 g/mol. The van der Waals surface area contributed by atoms with Crippen molar-refractivity contribution in [1.29, 1.82) is 0 Å². The number of benzene rings is 2. The number of halogens is 3. The Labute approximate surface area is 275 Å². The number of nitrogens with two attached hydrogens (primary N) is 1. The molecule has 7 nitrogen and oxygen atoms in total. The molecule has 0 radical (unpaired) electrons. The van der Waals surface area contributed by atoms with E-state index >= 15 is 8.78 Å². The quantitative estimate of drug-likeness (QED) is 0.340. The largest absolute Gasteiger partial charge is 0.399 e. The van der Waals surface area contributed by atoms with Crippen LogP contribution in [0.2, 0.25) is 0 Å². The maximum Gasteiger partial charge on any atom is 0.226 e. The second-order valence-corrected chi connectivity index (χ2v) is 15.0. The number of hydrogen-bond donors (Lipinski definition) is 3. The Balaban J connectivity index is 1.24. The topological polar surface area (TPSA) is 119 Å². The SMILES string of the molecule is C[C@]12C=CC(=O)C=C1[C@@H](F)C[C@H]1[C@@H]3C[C@H]4O[C@@H](c5cccc(Cc6cc(N)cc(CO)c6)c5)O[C@@]4(C(=O)SCF)[C@@]3(C)C[C@H](O)[C@@]12F. The van der Waals surface area contributed by atoms with Gasteiger partial charge >= 0.3 is 0 Å². The summed E-state index contributed by atoms with van der Waals surface area (Å²) in [6.45, 7) is 3.13. The Morgan fingerprint density at radius 1 is 1.11 bits per heavy atom. The second-order valence-electron chi connectivity index (χ2n) is 14.1. The minimum absolute atomic E-state index is 0.0154. The van der Waals surface area contributed by atoms with Gasteiger partial charge in [0.1, 0.15) is 12.2 Å². The zero-order chi connectivity index (χ0) is 33.5. The molecule has 250 valence electrons. The van der Waals surface area contributed by atoms with Gasteiger partial charge in [-0.3, -0.25) is 9.59 Å². The first-order chi connectivity index (χ1) is 22.3. The van der Waals surface area contributed by atoms with Crippen LogP contribution < -0.4 is 5.73 Å². The third-order valence-corrected chi connectivity index (χ3v) is 12.4. The molecule has 1 saturated heterocycles. The van der Waals surface area contributed by atoms with Gasteiger partial charge in [0, 0.05) is 28.0 Å². The molecule has 2 aromatic rings. The lowest BCUT2D eigenvalue weighted by atomic mass is 9.44. The molecule has 7 rings (SSSR count). The molecule has 0 bridgehead atoms. The van der Waals surface area contributed by atoms with Gasteiger partial charge in [0.05, 0.1) is 18.8 Å². The normalized spacial score (nSPS) is 40.3. The molecule has 4 N–H and O–H groups in total. The molecule has 11 heteroatoms. The summed E-state index contributed by atoms with van der Waals surface area (Å²) in [7, 11) is 0. The molecular formula is C36H38F3NO6S. The fourth-order valence-corrected chi connectivity index (χ4v) is 10.4. The second kappa shape index (κ2) is 11.3. The first-order valence-corrected chi connectivity index (χ1v) is 16.9. The van der Waals surface area contributed by atoms with Crippen LogP contribution in [-0.2, 0) is 32.1 Å². The first kappa shape index (κ1) is 32.6. The van der Waals surface area contributed by atoms with Gasteiger partial charge in [-0.25, -0.2) is 13.2 Å². The van der Waals surface area contributed by atoms with Crippen molar-refractivity contribution in [2.24, 2.45) is 22.7 Å². The molecule has 2 aromatic carbocycles. The van der Waals surface area contributed by atoms with Crippen LogP contribution in [0.5, 0.6) is 0 Å². The van der Waals surface area contributed by atoms with Crippen LogP contribution in [0.4, 0.5) is 18.9 Å². The summed E-state index contributed by atoms with van der Waals surface area (Å²) in [6.07, 6.45) is -1.30. The van der Waals surface area contributed by atoms with Crippen LogP contribution in [0, 0.1) is 22.7 Å². The summed E-state index contributed by atoms with van der Waals surface area (Å²) in [5, 5.41) is 20.7. The Morgan fingerprint density at radius 2 is 1.87 bits per heavy atom. The van der Waals surface area contributed by atoms with E-state index in [-0.39, 0.29) is 31.4 Å². The monoisotopic (exact) mass is 669 g/mol. The maximum atomic E-state index is 17.7. The number of allylic oxidation sites excluding steroid dienone is 4. The zero-order valence-electron chi connectivity index (χ0n) is 26.1. The molecule has 0 amide bonds. The van der Waals surface area contributed by atoms with E-state index in [1.807, 2.05) is 30.3 Å². The molecule has 3 saturated carbocycles. The van der Waals surface area contributed by atoms with E-state index < -0.39 is 75.5 Å². The molecule has 5 aliphatic rings. The number of aliphatic hydroxyl groups excluding tert-OH is 2. The number of alkyl halides is 3. The molecule has 4 fully saturated rings. The molecule has 0 unspecified atom stereocenters. The molecule has 1 aliphatic heterocycles. The number of carbonyl (C=O) groups is 2. The third-order valence-electron chi connectivity index (χ3n) is 11.7. The van der Waals surface area contributed by atoms with Gasteiger partial charge in [-0.2, -0.15) is 0 Å². The highest BCUT2D eigenvalue weighted by atomic mass is 32.2. The van der Waals surface area contributed by atoms with Gasteiger partial charge in [-0.1, -0.05) is 55.1 Å². The summed E-state index contributed by atoms with van der Waals surface area (Å²) in [6, 6.07) is 11.8. The van der Waals surface area contributed by atoms with Crippen LogP contribution >= 0.6 is 11.8 Å². The number of aliphatic hydroxyl groups is 2. The molecule has 10 atom stereocenters. The van der Waals surface area contributed by atoms with Crippen molar-refractivity contribution in [3.63, 3.8) is 0 Å². The Kier molecular flexibility index (Phi) is 7.83. The van der Waals surface area contributed by atoms with E-state index in [0.29, 0.717) is 35.0 Å². The van der Waals surface area contributed by atoms with E-state index in [4.69, 9.17) is 15.2 Å². The van der Waals surface area contributed by atoms with Crippen molar-refractivity contribution in [2.45, 2.75) is 82.1 Å². The van der Waals surface area contributed by atoms with Crippen molar-refractivity contribution in [3.8, 4) is 0 Å². The Bertz CT molecular complexity index is 1700. The molecule has 47 heavy (non-hydrogen) atoms. The fourth-order valence-electron chi connectivity index (χ4n) is 9.67. The maximum absolute atomic E-state index is 17.7. The highest BCUT2D eigenvalue weighted by Gasteiger charge is 2.80. The number of fused-ring (bicyclic) bond motifs is 7. The van der Waals surface area contributed by atoms with Gasteiger partial charge in [0.15, 0.2) is 23.3 Å². The summed E-state index contributed by atoms with van der Waals surface area (Å²) < 4.78 is 60.5. The fraction of sp³-hybridized carbons (Fsp3) is 0.500. The number of thioether (sulfide) groups is 1. The lowest BCUT2D eigenvalue weighted by Gasteiger charge is -2.63. The summed E-state index contributed by atoms with van der Waals surface area (Å²) in [5.41, 5.74) is 2.82. The Morgan fingerprint density at radius 3 is 2.62 bits per heavy atom. The number of hydrogen-bond acceptors (Lipinski definition) is 8. The smallest absolute Gasteiger partial charge is 0.226 e. The minimum Gasteiger partial charge on any atom is -0.399 e. The number of carbonyl (C=O) groups excluding carboxylic acids is 2. The zero-order valence-corrected chi connectivity index (χ0v) is 26.9. The average Bonchev–Trinajstić information content (AvgIpc) is 3.53. The van der Waals surface area contributed by atoms with Crippen molar-refractivity contribution in [1.82, 2.24) is 0 Å². The van der Waals surface area contributed by atoms with Crippen molar-refractivity contribution < 1.29 is 42.4 Å². The Hall–Kier alpha value is -2.96. The van der Waals surface area contributed by atoms with Crippen LogP contribution in [0.15, 0.2) is 66.3 Å². The predicted molar refractivity (Wildman–Crippen MR) is 170 cm³/mol. The van der Waals surface area contributed by atoms with Crippen molar-refractivity contribution in [3.05, 3.63) is 88.5 Å². The van der Waals surface area contributed by atoms with Crippen LogP contribution in [0.3, 0.4) is 0 Å². The summed E-state index contributed by atoms with van der Waals surface area (Å²) in [5.74, 6) is -2.11. The molecule has 0 spiro atoms. The van der Waals surface area contributed by atoms with Gasteiger partial charge in [0.2, 0.25) is 5.12 Å². The van der Waals surface area contributed by atoms with Crippen LogP contribution in [-0.4, -0.2) is 56.8 Å². The number of ether oxygens (including phenoxy) is 2. The highest BCUT2D eigenvalue weighted by molar-refractivity contribution is 8.13. The average molecular weight is 670 g/mol. The summed E-state index contributed by atoms with van der Waals surface area (Å²) in [4.78, 5) is 26.2. The molecule has 0 aromatic heterocycles. The van der Waals surface area contributed by atoms with Gasteiger partial charge in [-0.15, -0.1) is 0 Å². The van der Waals surface area contributed by atoms with E-state index in [1.165, 1.54) is 19.1 Å². The number of ketones is 1. The number of rotatable bonds is 6. The third kappa shape index (κ3) is 4.56. The van der Waals surface area contributed by atoms with E-state index in [9.17, 15) is 24.2 Å².